The predicted octanol–water partition coefficient (Wildman–Crippen LogP) is 4.35. The number of nitrogens with zero attached hydrogens (tertiary/aromatic N) is 2. The van der Waals surface area contributed by atoms with Crippen molar-refractivity contribution in [3.63, 3.8) is 0 Å². The van der Waals surface area contributed by atoms with Crippen LogP contribution in [0.1, 0.15) is 11.3 Å². The van der Waals surface area contributed by atoms with Crippen molar-refractivity contribution in [1.29, 1.82) is 5.26 Å². The molecule has 0 aliphatic heterocycles. The average molecular weight is 338 g/mol. The van der Waals surface area contributed by atoms with Crippen LogP contribution in [0.5, 0.6) is 5.75 Å². The second kappa shape index (κ2) is 5.60. The topological polar surface area (TPSA) is 45.9 Å². The summed E-state index contributed by atoms with van der Waals surface area (Å²) < 4.78 is 5.90. The minimum Gasteiger partial charge on any atom is -0.497 e. The Kier molecular flexibility index (Phi) is 4.08. The van der Waals surface area contributed by atoms with Crippen molar-refractivity contribution < 1.29 is 4.74 Å². The molecule has 0 aliphatic carbocycles. The average Bonchev–Trinajstić information content (AvgIpc) is 2.42. The highest BCUT2D eigenvalue weighted by Gasteiger charge is 2.16. The molecule has 1 heterocycles. The summed E-state index contributed by atoms with van der Waals surface area (Å²) in [5.41, 5.74) is 2.75. The van der Waals surface area contributed by atoms with Gasteiger partial charge >= 0.3 is 0 Å². The van der Waals surface area contributed by atoms with Crippen LogP contribution in [0.25, 0.3) is 11.1 Å². The van der Waals surface area contributed by atoms with E-state index in [-0.39, 0.29) is 5.15 Å². The fourth-order valence-corrected chi connectivity index (χ4v) is 2.56. The van der Waals surface area contributed by atoms with Gasteiger partial charge in [0.05, 0.1) is 18.4 Å². The zero-order valence-electron chi connectivity index (χ0n) is 10.4. The van der Waals surface area contributed by atoms with Crippen LogP contribution in [0.2, 0.25) is 5.15 Å². The maximum atomic E-state index is 9.26. The molecule has 19 heavy (non-hydrogen) atoms. The van der Waals surface area contributed by atoms with Crippen molar-refractivity contribution in [1.82, 2.24) is 4.98 Å². The maximum Gasteiger partial charge on any atom is 0.147 e. The number of halogens is 2. The van der Waals surface area contributed by atoms with Crippen molar-refractivity contribution in [3.8, 4) is 22.9 Å². The molecule has 2 rings (SSSR count). The van der Waals surface area contributed by atoms with Crippen molar-refractivity contribution in [2.24, 2.45) is 0 Å². The second-order valence-corrected chi connectivity index (χ2v) is 5.04. The van der Waals surface area contributed by atoms with Gasteiger partial charge in [-0.25, -0.2) is 4.98 Å². The van der Waals surface area contributed by atoms with Crippen LogP contribution in [-0.2, 0) is 0 Å². The Balaban J connectivity index is 2.70. The van der Waals surface area contributed by atoms with E-state index in [2.05, 4.69) is 27.0 Å². The lowest BCUT2D eigenvalue weighted by Crippen LogP contribution is -1.95. The molecule has 0 aliphatic rings. The van der Waals surface area contributed by atoms with E-state index in [0.717, 1.165) is 27.0 Å². The highest BCUT2D eigenvalue weighted by atomic mass is 79.9. The van der Waals surface area contributed by atoms with Gasteiger partial charge in [-0.2, -0.15) is 5.26 Å². The van der Waals surface area contributed by atoms with Crippen LogP contribution in [0.3, 0.4) is 0 Å². The number of hydrogen-bond acceptors (Lipinski definition) is 3. The van der Waals surface area contributed by atoms with Gasteiger partial charge in [0.2, 0.25) is 0 Å². The molecule has 0 fully saturated rings. The molecule has 1 aromatic carbocycles. The summed E-state index contributed by atoms with van der Waals surface area (Å²) in [7, 11) is 1.61. The zero-order valence-corrected chi connectivity index (χ0v) is 12.7. The van der Waals surface area contributed by atoms with E-state index < -0.39 is 0 Å². The first kappa shape index (κ1) is 13.9. The number of benzene rings is 1. The maximum absolute atomic E-state index is 9.26. The number of nitriles is 1. The van der Waals surface area contributed by atoms with Crippen molar-refractivity contribution >= 4 is 27.5 Å². The Morgan fingerprint density at radius 2 is 1.95 bits per heavy atom. The number of pyridine rings is 1. The number of rotatable bonds is 2. The molecule has 0 N–H and O–H groups in total. The first-order valence-corrected chi connectivity index (χ1v) is 6.65. The van der Waals surface area contributed by atoms with Crippen LogP contribution >= 0.6 is 27.5 Å². The van der Waals surface area contributed by atoms with E-state index in [9.17, 15) is 5.26 Å². The van der Waals surface area contributed by atoms with Crippen LogP contribution in [-0.4, -0.2) is 12.1 Å². The number of hydrogen-bond donors (Lipinski definition) is 0. The van der Waals surface area contributed by atoms with E-state index in [1.807, 2.05) is 31.2 Å². The van der Waals surface area contributed by atoms with Crippen molar-refractivity contribution in [3.05, 3.63) is 45.1 Å². The summed E-state index contributed by atoms with van der Waals surface area (Å²) in [4.78, 5) is 4.14. The molecule has 0 atom stereocenters. The molecule has 1 aromatic heterocycles. The van der Waals surface area contributed by atoms with E-state index in [4.69, 9.17) is 16.3 Å². The molecule has 3 nitrogen and oxygen atoms in total. The van der Waals surface area contributed by atoms with Gasteiger partial charge in [0.1, 0.15) is 17.0 Å². The van der Waals surface area contributed by atoms with Crippen LogP contribution < -0.4 is 4.74 Å². The van der Waals surface area contributed by atoms with Gasteiger partial charge in [0.25, 0.3) is 0 Å². The van der Waals surface area contributed by atoms with Crippen LogP contribution in [0, 0.1) is 18.3 Å². The number of ether oxygens (including phenoxy) is 1. The van der Waals surface area contributed by atoms with Gasteiger partial charge in [-0.1, -0.05) is 23.7 Å². The third-order valence-electron chi connectivity index (χ3n) is 2.75. The van der Waals surface area contributed by atoms with E-state index in [1.54, 1.807) is 7.11 Å². The van der Waals surface area contributed by atoms with Gasteiger partial charge < -0.3 is 4.74 Å². The Bertz CT molecular complexity index is 663. The van der Waals surface area contributed by atoms with Gasteiger partial charge in [0.15, 0.2) is 0 Å². The van der Waals surface area contributed by atoms with Gasteiger partial charge in [-0.05, 0) is 40.5 Å². The third-order valence-corrected chi connectivity index (χ3v) is 3.99. The van der Waals surface area contributed by atoms with Crippen LogP contribution in [0.4, 0.5) is 0 Å². The monoisotopic (exact) mass is 336 g/mol. The molecule has 96 valence electrons. The fourth-order valence-electron chi connectivity index (χ4n) is 1.78. The van der Waals surface area contributed by atoms with Gasteiger partial charge in [-0.3, -0.25) is 0 Å². The van der Waals surface area contributed by atoms with E-state index >= 15 is 0 Å². The molecular formula is C14H10BrClN2O. The SMILES string of the molecule is COc1ccc(-c2c(Br)c(C)nc(Cl)c2C#N)cc1. The summed E-state index contributed by atoms with van der Waals surface area (Å²) in [5.74, 6) is 0.759. The summed E-state index contributed by atoms with van der Waals surface area (Å²) >= 11 is 9.51. The van der Waals surface area contributed by atoms with Crippen LogP contribution in [0.15, 0.2) is 28.7 Å². The summed E-state index contributed by atoms with van der Waals surface area (Å²) in [5, 5.41) is 9.47. The minimum atomic E-state index is 0.217. The first-order valence-electron chi connectivity index (χ1n) is 5.48. The Hall–Kier alpha value is -1.57. The largest absolute Gasteiger partial charge is 0.497 e. The second-order valence-electron chi connectivity index (χ2n) is 3.89. The molecule has 0 amide bonds. The molecule has 0 saturated heterocycles. The van der Waals surface area contributed by atoms with Gasteiger partial charge in [0, 0.05) is 10.0 Å². The molecule has 0 unspecified atom stereocenters. The zero-order chi connectivity index (χ0) is 14.0. The van der Waals surface area contributed by atoms with Gasteiger partial charge in [-0.15, -0.1) is 0 Å². The molecule has 5 heteroatoms. The molecule has 0 bridgehead atoms. The highest BCUT2D eigenvalue weighted by molar-refractivity contribution is 9.10. The smallest absolute Gasteiger partial charge is 0.147 e. The predicted molar refractivity (Wildman–Crippen MR) is 78.4 cm³/mol. The highest BCUT2D eigenvalue weighted by Crippen LogP contribution is 2.36. The first-order chi connectivity index (χ1) is 9.08. The van der Waals surface area contributed by atoms with Crippen molar-refractivity contribution in [2.75, 3.05) is 7.11 Å². The fraction of sp³-hybridized carbons (Fsp3) is 0.143. The lowest BCUT2D eigenvalue weighted by molar-refractivity contribution is 0.415. The number of aromatic nitrogens is 1. The molecule has 0 spiro atoms. The molecule has 0 radical (unpaired) electrons. The number of aryl methyl sites for hydroxylation is 1. The lowest BCUT2D eigenvalue weighted by Gasteiger charge is -2.11. The molecule has 0 saturated carbocycles. The standard InChI is InChI=1S/C14H10BrClN2O/c1-8-13(15)12(11(7-17)14(16)18-8)9-3-5-10(19-2)6-4-9/h3-6H,1-2H3. The minimum absolute atomic E-state index is 0.217. The van der Waals surface area contributed by atoms with E-state index in [0.29, 0.717) is 5.56 Å². The molecule has 2 aromatic rings. The Morgan fingerprint density at radius 3 is 2.47 bits per heavy atom. The quantitative estimate of drug-likeness (QED) is 0.765. The summed E-state index contributed by atoms with van der Waals surface area (Å²) in [6.07, 6.45) is 0. The lowest BCUT2D eigenvalue weighted by atomic mass is 10.0. The third kappa shape index (κ3) is 2.58. The normalized spacial score (nSPS) is 10.1. The summed E-state index contributed by atoms with van der Waals surface area (Å²) in [6, 6.07) is 9.55. The molecular weight excluding hydrogens is 328 g/mol. The number of methoxy groups -OCH3 is 1. The van der Waals surface area contributed by atoms with Crippen molar-refractivity contribution in [2.45, 2.75) is 6.92 Å². The Morgan fingerprint density at radius 1 is 1.32 bits per heavy atom. The Labute approximate surface area is 124 Å². The van der Waals surface area contributed by atoms with E-state index in [1.165, 1.54) is 0 Å². The summed E-state index contributed by atoms with van der Waals surface area (Å²) in [6.45, 7) is 1.84.